The zero-order valence-corrected chi connectivity index (χ0v) is 12.3. The van der Waals surface area contributed by atoms with Crippen LogP contribution in [0.1, 0.15) is 17.2 Å². The first-order valence-electron chi connectivity index (χ1n) is 6.59. The zero-order valence-electron chi connectivity index (χ0n) is 10.8. The minimum Gasteiger partial charge on any atom is -0.383 e. The van der Waals surface area contributed by atoms with E-state index in [1.54, 1.807) is 6.20 Å². The molecule has 1 aromatic carbocycles. The molecule has 0 saturated carbocycles. The standard InChI is InChI=1S/C15H13BrN4/c16-14-13-12(5-6-18-15(13)17)20(19-14)11-7-9-3-1-2-4-10(9)8-11/h1-6,11H,7-8H2,(H2,17,18). The molecule has 2 aromatic heterocycles. The van der Waals surface area contributed by atoms with E-state index in [1.807, 2.05) is 6.07 Å². The third-order valence-corrected chi connectivity index (χ3v) is 4.54. The Balaban J connectivity index is 1.84. The molecule has 4 nitrogen and oxygen atoms in total. The summed E-state index contributed by atoms with van der Waals surface area (Å²) in [7, 11) is 0. The summed E-state index contributed by atoms with van der Waals surface area (Å²) >= 11 is 3.50. The summed E-state index contributed by atoms with van der Waals surface area (Å²) < 4.78 is 2.85. The van der Waals surface area contributed by atoms with Crippen LogP contribution in [0.2, 0.25) is 0 Å². The Morgan fingerprint density at radius 2 is 1.85 bits per heavy atom. The van der Waals surface area contributed by atoms with E-state index in [1.165, 1.54) is 11.1 Å². The van der Waals surface area contributed by atoms with E-state index in [0.29, 0.717) is 11.9 Å². The average molecular weight is 329 g/mol. The summed E-state index contributed by atoms with van der Waals surface area (Å²) in [5.41, 5.74) is 9.83. The van der Waals surface area contributed by atoms with E-state index in [-0.39, 0.29) is 0 Å². The lowest BCUT2D eigenvalue weighted by atomic mass is 10.1. The van der Waals surface area contributed by atoms with Crippen molar-refractivity contribution in [2.45, 2.75) is 18.9 Å². The van der Waals surface area contributed by atoms with Crippen molar-refractivity contribution in [3.05, 3.63) is 52.3 Å². The molecule has 0 aliphatic heterocycles. The van der Waals surface area contributed by atoms with Crippen LogP contribution in [-0.4, -0.2) is 14.8 Å². The smallest absolute Gasteiger partial charge is 0.139 e. The molecule has 1 aliphatic carbocycles. The first kappa shape index (κ1) is 11.9. The quantitative estimate of drug-likeness (QED) is 0.746. The third-order valence-electron chi connectivity index (χ3n) is 3.98. The molecule has 0 saturated heterocycles. The van der Waals surface area contributed by atoms with Crippen molar-refractivity contribution >= 4 is 32.7 Å². The number of aromatic nitrogens is 3. The fraction of sp³-hybridized carbons (Fsp3) is 0.200. The van der Waals surface area contributed by atoms with Crippen molar-refractivity contribution in [2.75, 3.05) is 5.73 Å². The Morgan fingerprint density at radius 1 is 1.15 bits per heavy atom. The minimum absolute atomic E-state index is 0.350. The lowest BCUT2D eigenvalue weighted by molar-refractivity contribution is 0.488. The lowest BCUT2D eigenvalue weighted by Crippen LogP contribution is -2.10. The molecule has 3 aromatic rings. The van der Waals surface area contributed by atoms with Gasteiger partial charge in [-0.15, -0.1) is 0 Å². The number of hydrogen-bond acceptors (Lipinski definition) is 3. The van der Waals surface area contributed by atoms with E-state index < -0.39 is 0 Å². The van der Waals surface area contributed by atoms with Crippen molar-refractivity contribution in [3.8, 4) is 0 Å². The van der Waals surface area contributed by atoms with Gasteiger partial charge >= 0.3 is 0 Å². The maximum absolute atomic E-state index is 5.96. The maximum atomic E-state index is 5.96. The molecule has 1 aliphatic rings. The van der Waals surface area contributed by atoms with Gasteiger partial charge in [0.15, 0.2) is 0 Å². The minimum atomic E-state index is 0.350. The van der Waals surface area contributed by atoms with E-state index in [9.17, 15) is 0 Å². The number of halogens is 1. The first-order valence-corrected chi connectivity index (χ1v) is 7.38. The van der Waals surface area contributed by atoms with Crippen LogP contribution in [0.5, 0.6) is 0 Å². The molecular formula is C15H13BrN4. The fourth-order valence-corrected chi connectivity index (χ4v) is 3.63. The summed E-state index contributed by atoms with van der Waals surface area (Å²) in [6.45, 7) is 0. The average Bonchev–Trinajstić information content (AvgIpc) is 3.00. The van der Waals surface area contributed by atoms with Gasteiger partial charge in [-0.3, -0.25) is 4.68 Å². The second kappa shape index (κ2) is 4.31. The monoisotopic (exact) mass is 328 g/mol. The SMILES string of the molecule is Nc1nccc2c1c(Br)nn2C1Cc2ccccc2C1. The molecule has 4 rings (SSSR count). The Bertz CT molecular complexity index is 784. The normalized spacial score (nSPS) is 14.8. The Labute approximate surface area is 124 Å². The van der Waals surface area contributed by atoms with Crippen LogP contribution in [0.3, 0.4) is 0 Å². The Kier molecular flexibility index (Phi) is 2.57. The molecule has 2 heterocycles. The molecule has 0 amide bonds. The van der Waals surface area contributed by atoms with Crippen LogP contribution in [0.4, 0.5) is 5.82 Å². The predicted octanol–water partition coefficient (Wildman–Crippen LogP) is 3.12. The zero-order chi connectivity index (χ0) is 13.7. The number of rotatable bonds is 1. The van der Waals surface area contributed by atoms with Crippen LogP contribution < -0.4 is 5.73 Å². The van der Waals surface area contributed by atoms with Gasteiger partial charge < -0.3 is 5.73 Å². The fourth-order valence-electron chi connectivity index (χ4n) is 3.05. The Morgan fingerprint density at radius 3 is 2.55 bits per heavy atom. The first-order chi connectivity index (χ1) is 9.74. The van der Waals surface area contributed by atoms with Gasteiger partial charge in [0.2, 0.25) is 0 Å². The molecule has 0 fully saturated rings. The molecule has 0 radical (unpaired) electrons. The molecule has 2 N–H and O–H groups in total. The molecule has 20 heavy (non-hydrogen) atoms. The van der Waals surface area contributed by atoms with Crippen LogP contribution in [0.15, 0.2) is 41.1 Å². The van der Waals surface area contributed by atoms with Gasteiger partial charge in [0, 0.05) is 6.20 Å². The number of anilines is 1. The number of hydrogen-bond donors (Lipinski definition) is 1. The molecule has 100 valence electrons. The van der Waals surface area contributed by atoms with E-state index >= 15 is 0 Å². The highest BCUT2D eigenvalue weighted by Crippen LogP contribution is 2.35. The van der Waals surface area contributed by atoms with Crippen LogP contribution in [-0.2, 0) is 12.8 Å². The second-order valence-electron chi connectivity index (χ2n) is 5.16. The number of nitrogens with zero attached hydrogens (tertiary/aromatic N) is 3. The van der Waals surface area contributed by atoms with Gasteiger partial charge in [-0.1, -0.05) is 24.3 Å². The molecule has 0 bridgehead atoms. The van der Waals surface area contributed by atoms with Gasteiger partial charge in [-0.05, 0) is 46.0 Å². The molecule has 0 spiro atoms. The highest BCUT2D eigenvalue weighted by atomic mass is 79.9. The van der Waals surface area contributed by atoms with Crippen molar-refractivity contribution in [3.63, 3.8) is 0 Å². The third kappa shape index (κ3) is 1.66. The summed E-state index contributed by atoms with van der Waals surface area (Å²) in [4.78, 5) is 4.14. The van der Waals surface area contributed by atoms with Crippen LogP contribution in [0, 0.1) is 0 Å². The summed E-state index contributed by atoms with van der Waals surface area (Å²) in [5.74, 6) is 0.524. The summed E-state index contributed by atoms with van der Waals surface area (Å²) in [6, 6.07) is 10.9. The maximum Gasteiger partial charge on any atom is 0.139 e. The topological polar surface area (TPSA) is 56.7 Å². The van der Waals surface area contributed by atoms with Crippen molar-refractivity contribution in [1.82, 2.24) is 14.8 Å². The Hall–Kier alpha value is -1.88. The highest BCUT2D eigenvalue weighted by Gasteiger charge is 2.25. The number of nitrogen functional groups attached to an aromatic ring is 1. The number of nitrogens with two attached hydrogens (primary N) is 1. The van der Waals surface area contributed by atoms with Gasteiger partial charge in [0.1, 0.15) is 10.4 Å². The van der Waals surface area contributed by atoms with Crippen LogP contribution >= 0.6 is 15.9 Å². The number of benzene rings is 1. The van der Waals surface area contributed by atoms with Crippen molar-refractivity contribution in [2.24, 2.45) is 0 Å². The lowest BCUT2D eigenvalue weighted by Gasteiger charge is -2.11. The largest absolute Gasteiger partial charge is 0.383 e. The molecule has 5 heteroatoms. The number of pyridine rings is 1. The predicted molar refractivity (Wildman–Crippen MR) is 82.5 cm³/mol. The molecule has 0 atom stereocenters. The van der Waals surface area contributed by atoms with Crippen LogP contribution in [0.25, 0.3) is 10.9 Å². The molecular weight excluding hydrogens is 316 g/mol. The van der Waals surface area contributed by atoms with Gasteiger partial charge in [-0.2, -0.15) is 5.10 Å². The number of fused-ring (bicyclic) bond motifs is 2. The summed E-state index contributed by atoms with van der Waals surface area (Å²) in [5, 5.41) is 5.53. The van der Waals surface area contributed by atoms with E-state index in [0.717, 1.165) is 28.3 Å². The van der Waals surface area contributed by atoms with Gasteiger partial charge in [0.25, 0.3) is 0 Å². The summed E-state index contributed by atoms with van der Waals surface area (Å²) in [6.07, 6.45) is 3.77. The molecule has 0 unspecified atom stereocenters. The van der Waals surface area contributed by atoms with Gasteiger partial charge in [-0.25, -0.2) is 4.98 Å². The highest BCUT2D eigenvalue weighted by molar-refractivity contribution is 9.10. The van der Waals surface area contributed by atoms with E-state index in [4.69, 9.17) is 5.73 Å². The van der Waals surface area contributed by atoms with E-state index in [2.05, 4.69) is 55.0 Å². The van der Waals surface area contributed by atoms with Crippen molar-refractivity contribution < 1.29 is 0 Å². The van der Waals surface area contributed by atoms with Crippen molar-refractivity contribution in [1.29, 1.82) is 0 Å². The van der Waals surface area contributed by atoms with Gasteiger partial charge in [0.05, 0.1) is 16.9 Å². The second-order valence-corrected chi connectivity index (χ2v) is 5.91.